The molecule has 2 atom stereocenters. The zero-order valence-electron chi connectivity index (χ0n) is 11.0. The fraction of sp³-hybridized carbons (Fsp3) is 0.786. The van der Waals surface area contributed by atoms with E-state index in [-0.39, 0.29) is 0 Å². The number of fused-ring (bicyclic) bond motifs is 1. The summed E-state index contributed by atoms with van der Waals surface area (Å²) in [5.74, 6) is 3.56. The average molecular weight is 220 g/mol. The van der Waals surface area contributed by atoms with Crippen LogP contribution in [0.15, 0.2) is 0 Å². The molecular weight excluding hydrogens is 196 g/mol. The lowest BCUT2D eigenvalue weighted by molar-refractivity contribution is 0.355. The smallest absolute Gasteiger partial charge is 0.106 e. The van der Waals surface area contributed by atoms with Gasteiger partial charge in [-0.2, -0.15) is 0 Å². The molecule has 1 heterocycles. The Labute approximate surface area is 98.9 Å². The summed E-state index contributed by atoms with van der Waals surface area (Å²) < 4.78 is 0. The van der Waals surface area contributed by atoms with Gasteiger partial charge in [-0.3, -0.25) is 0 Å². The lowest BCUT2D eigenvalue weighted by Crippen LogP contribution is -2.20. The molecule has 0 radical (unpaired) electrons. The standard InChI is InChI=1S/C14H24N2/c1-9(2)5-6-14-15-12-7-10(3)11(4)8-13(12)16-14/h9-11H,5-8H2,1-4H3,(H,15,16). The first-order chi connectivity index (χ1) is 7.56. The van der Waals surface area contributed by atoms with Gasteiger partial charge in [0.25, 0.3) is 0 Å². The van der Waals surface area contributed by atoms with Crippen molar-refractivity contribution in [2.45, 2.75) is 53.4 Å². The van der Waals surface area contributed by atoms with Crippen LogP contribution in [0.4, 0.5) is 0 Å². The van der Waals surface area contributed by atoms with Crippen LogP contribution in [0, 0.1) is 17.8 Å². The molecule has 0 amide bonds. The highest BCUT2D eigenvalue weighted by Gasteiger charge is 2.24. The van der Waals surface area contributed by atoms with Crippen LogP contribution in [-0.4, -0.2) is 9.97 Å². The number of nitrogens with one attached hydrogen (secondary N) is 1. The minimum absolute atomic E-state index is 0.764. The Balaban J connectivity index is 2.06. The molecule has 1 aliphatic carbocycles. The normalized spacial score (nSPS) is 24.8. The minimum Gasteiger partial charge on any atom is -0.346 e. The van der Waals surface area contributed by atoms with E-state index in [1.54, 1.807) is 0 Å². The van der Waals surface area contributed by atoms with Crippen molar-refractivity contribution in [1.29, 1.82) is 0 Å². The molecule has 0 aliphatic heterocycles. The van der Waals surface area contributed by atoms with Crippen LogP contribution in [0.25, 0.3) is 0 Å². The fourth-order valence-corrected chi connectivity index (χ4v) is 2.42. The van der Waals surface area contributed by atoms with E-state index in [2.05, 4.69) is 32.7 Å². The molecule has 0 bridgehead atoms. The number of rotatable bonds is 3. The highest BCUT2D eigenvalue weighted by molar-refractivity contribution is 5.19. The minimum atomic E-state index is 0.764. The van der Waals surface area contributed by atoms with Crippen molar-refractivity contribution >= 4 is 0 Å². The number of hydrogen-bond acceptors (Lipinski definition) is 1. The zero-order valence-corrected chi connectivity index (χ0v) is 11.0. The van der Waals surface area contributed by atoms with E-state index in [1.807, 2.05) is 0 Å². The van der Waals surface area contributed by atoms with Gasteiger partial charge in [-0.05, 0) is 37.0 Å². The van der Waals surface area contributed by atoms with Crippen LogP contribution in [0.5, 0.6) is 0 Å². The molecule has 0 saturated carbocycles. The predicted molar refractivity (Wildman–Crippen MR) is 67.5 cm³/mol. The molecule has 2 nitrogen and oxygen atoms in total. The summed E-state index contributed by atoms with van der Waals surface area (Å²) in [4.78, 5) is 8.28. The third kappa shape index (κ3) is 2.47. The van der Waals surface area contributed by atoms with Gasteiger partial charge in [0.05, 0.1) is 5.69 Å². The van der Waals surface area contributed by atoms with E-state index in [9.17, 15) is 0 Å². The number of aryl methyl sites for hydroxylation is 1. The van der Waals surface area contributed by atoms with Crippen LogP contribution >= 0.6 is 0 Å². The molecule has 90 valence electrons. The van der Waals surface area contributed by atoms with E-state index in [0.29, 0.717) is 0 Å². The summed E-state index contributed by atoms with van der Waals surface area (Å²) in [6, 6.07) is 0. The van der Waals surface area contributed by atoms with Crippen LogP contribution in [0.1, 0.15) is 51.3 Å². The predicted octanol–water partition coefficient (Wildman–Crippen LogP) is 3.37. The highest BCUT2D eigenvalue weighted by atomic mass is 14.9. The molecule has 1 aromatic rings. The lowest BCUT2D eigenvalue weighted by Gasteiger charge is -2.24. The van der Waals surface area contributed by atoms with Crippen molar-refractivity contribution in [3.05, 3.63) is 17.2 Å². The zero-order chi connectivity index (χ0) is 11.7. The second-order valence-corrected chi connectivity index (χ2v) is 5.90. The maximum Gasteiger partial charge on any atom is 0.106 e. The Bertz CT molecular complexity index is 324. The van der Waals surface area contributed by atoms with Gasteiger partial charge < -0.3 is 4.98 Å². The van der Waals surface area contributed by atoms with Crippen molar-refractivity contribution < 1.29 is 0 Å². The topological polar surface area (TPSA) is 28.7 Å². The van der Waals surface area contributed by atoms with Crippen molar-refractivity contribution in [3.63, 3.8) is 0 Å². The van der Waals surface area contributed by atoms with Crippen LogP contribution in [0.3, 0.4) is 0 Å². The van der Waals surface area contributed by atoms with Gasteiger partial charge in [0.15, 0.2) is 0 Å². The summed E-state index contributed by atoms with van der Waals surface area (Å²) in [5.41, 5.74) is 2.74. The quantitative estimate of drug-likeness (QED) is 0.831. The van der Waals surface area contributed by atoms with Gasteiger partial charge in [-0.1, -0.05) is 27.7 Å². The maximum absolute atomic E-state index is 4.75. The summed E-state index contributed by atoms with van der Waals surface area (Å²) in [6.07, 6.45) is 4.69. The van der Waals surface area contributed by atoms with Crippen molar-refractivity contribution in [1.82, 2.24) is 9.97 Å². The van der Waals surface area contributed by atoms with Gasteiger partial charge in [0.1, 0.15) is 5.82 Å². The summed E-state index contributed by atoms with van der Waals surface area (Å²) >= 11 is 0. The van der Waals surface area contributed by atoms with Gasteiger partial charge in [-0.15, -0.1) is 0 Å². The number of H-pyrrole nitrogens is 1. The Morgan fingerprint density at radius 2 is 1.94 bits per heavy atom. The molecule has 1 N–H and O–H groups in total. The second-order valence-electron chi connectivity index (χ2n) is 5.90. The van der Waals surface area contributed by atoms with E-state index >= 15 is 0 Å². The van der Waals surface area contributed by atoms with Gasteiger partial charge >= 0.3 is 0 Å². The van der Waals surface area contributed by atoms with E-state index < -0.39 is 0 Å². The molecular formula is C14H24N2. The van der Waals surface area contributed by atoms with E-state index in [0.717, 1.165) is 30.6 Å². The molecule has 2 unspecified atom stereocenters. The van der Waals surface area contributed by atoms with Crippen LogP contribution in [0.2, 0.25) is 0 Å². The summed E-state index contributed by atoms with van der Waals surface area (Å²) in [6.45, 7) is 9.23. The Hall–Kier alpha value is -0.790. The molecule has 0 spiro atoms. The van der Waals surface area contributed by atoms with Gasteiger partial charge in [0.2, 0.25) is 0 Å². The highest BCUT2D eigenvalue weighted by Crippen LogP contribution is 2.28. The van der Waals surface area contributed by atoms with Crippen molar-refractivity contribution in [3.8, 4) is 0 Å². The Morgan fingerprint density at radius 3 is 2.62 bits per heavy atom. The Morgan fingerprint density at radius 1 is 1.25 bits per heavy atom. The molecule has 0 aromatic carbocycles. The van der Waals surface area contributed by atoms with E-state index in [4.69, 9.17) is 4.98 Å². The fourth-order valence-electron chi connectivity index (χ4n) is 2.42. The monoisotopic (exact) mass is 220 g/mol. The molecule has 16 heavy (non-hydrogen) atoms. The Kier molecular flexibility index (Phi) is 3.36. The van der Waals surface area contributed by atoms with Crippen LogP contribution in [-0.2, 0) is 19.3 Å². The third-order valence-electron chi connectivity index (χ3n) is 3.88. The number of imidazole rings is 1. The largest absolute Gasteiger partial charge is 0.346 e. The van der Waals surface area contributed by atoms with E-state index in [1.165, 1.54) is 30.1 Å². The number of hydrogen-bond donors (Lipinski definition) is 1. The second kappa shape index (κ2) is 4.60. The first kappa shape index (κ1) is 11.7. The molecule has 0 fully saturated rings. The molecule has 1 aliphatic rings. The lowest BCUT2D eigenvalue weighted by atomic mass is 9.82. The summed E-state index contributed by atoms with van der Waals surface area (Å²) in [7, 11) is 0. The van der Waals surface area contributed by atoms with Crippen LogP contribution < -0.4 is 0 Å². The molecule has 1 aromatic heterocycles. The van der Waals surface area contributed by atoms with Gasteiger partial charge in [0, 0.05) is 12.1 Å². The van der Waals surface area contributed by atoms with Crippen molar-refractivity contribution in [2.24, 2.45) is 17.8 Å². The van der Waals surface area contributed by atoms with Gasteiger partial charge in [-0.25, -0.2) is 4.98 Å². The average Bonchev–Trinajstić information content (AvgIpc) is 2.58. The maximum atomic E-state index is 4.75. The first-order valence-electron chi connectivity index (χ1n) is 6.63. The SMILES string of the molecule is CC(C)CCc1nc2c([nH]1)CC(C)C(C)C2. The number of aromatic nitrogens is 2. The molecule has 0 saturated heterocycles. The third-order valence-corrected chi connectivity index (χ3v) is 3.88. The summed E-state index contributed by atoms with van der Waals surface area (Å²) in [5, 5.41) is 0. The number of aromatic amines is 1. The molecule has 2 heteroatoms. The first-order valence-corrected chi connectivity index (χ1v) is 6.63. The molecule has 2 rings (SSSR count). The van der Waals surface area contributed by atoms with Crippen molar-refractivity contribution in [2.75, 3.05) is 0 Å². The number of nitrogens with zero attached hydrogens (tertiary/aromatic N) is 1.